The Hall–Kier alpha value is -5.75. The maximum absolute atomic E-state index is 13.1. The number of hydrogen-bond acceptors (Lipinski definition) is 12. The van der Waals surface area contributed by atoms with Gasteiger partial charge >= 0.3 is 0 Å². The fraction of sp³-hybridized carbons (Fsp3) is 0.553. The number of ether oxygens (including phenoxy) is 3. The smallest absolute Gasteiger partial charge is 0.271 e. The van der Waals surface area contributed by atoms with Crippen LogP contribution in [-0.2, 0) is 16.1 Å². The SMILES string of the molecule is COc1cc(OC2CCC(NC(=O)c3cnc(N4CCC(CN(C(C)C)C5CCC(Oc6ccc7c(c6)CN(C6CCC(=O)NC6=O)C7=O)CC5)CC4)cn3)CC2)ccc1C#N. The van der Waals surface area contributed by atoms with Gasteiger partial charge < -0.3 is 29.3 Å². The molecule has 1 atom stereocenters. The van der Waals surface area contributed by atoms with Gasteiger partial charge in [0.1, 0.15) is 40.9 Å². The fourth-order valence-corrected chi connectivity index (χ4v) is 9.95. The number of fused-ring (bicyclic) bond motifs is 1. The average molecular weight is 847 g/mol. The molecule has 2 N–H and O–H groups in total. The third-order valence-corrected chi connectivity index (χ3v) is 13.5. The first-order valence-corrected chi connectivity index (χ1v) is 22.4. The van der Waals surface area contributed by atoms with Crippen LogP contribution in [0.15, 0.2) is 48.8 Å². The topological polar surface area (TPSA) is 179 Å². The second kappa shape index (κ2) is 19.1. The molecule has 0 bridgehead atoms. The molecule has 3 aliphatic heterocycles. The number of imide groups is 1. The zero-order valence-electron chi connectivity index (χ0n) is 36.0. The Kier molecular flexibility index (Phi) is 13.2. The largest absolute Gasteiger partial charge is 0.495 e. The number of hydrogen-bond donors (Lipinski definition) is 2. The van der Waals surface area contributed by atoms with Crippen molar-refractivity contribution in [3.05, 3.63) is 71.2 Å². The van der Waals surface area contributed by atoms with Crippen LogP contribution in [-0.4, -0.2) is 107 Å². The van der Waals surface area contributed by atoms with Crippen molar-refractivity contribution in [2.24, 2.45) is 5.92 Å². The third kappa shape index (κ3) is 9.81. The average Bonchev–Trinajstić information content (AvgIpc) is 3.61. The Morgan fingerprint density at radius 2 is 1.60 bits per heavy atom. The van der Waals surface area contributed by atoms with Gasteiger partial charge in [-0.05, 0) is 126 Å². The summed E-state index contributed by atoms with van der Waals surface area (Å²) in [5.41, 5.74) is 2.24. The van der Waals surface area contributed by atoms with E-state index in [2.05, 4.69) is 50.3 Å². The number of carbonyl (C=O) groups excluding carboxylic acids is 4. The zero-order chi connectivity index (χ0) is 43.3. The van der Waals surface area contributed by atoms with Gasteiger partial charge in [0, 0.05) is 62.4 Å². The lowest BCUT2D eigenvalue weighted by Crippen LogP contribution is -2.52. The third-order valence-electron chi connectivity index (χ3n) is 13.5. The quantitative estimate of drug-likeness (QED) is 0.205. The van der Waals surface area contributed by atoms with Gasteiger partial charge in [0.15, 0.2) is 0 Å². The number of anilines is 1. The van der Waals surface area contributed by atoms with Crippen LogP contribution in [0.4, 0.5) is 5.82 Å². The van der Waals surface area contributed by atoms with Gasteiger partial charge in [0.2, 0.25) is 11.8 Å². The molecular weight excluding hydrogens is 789 g/mol. The van der Waals surface area contributed by atoms with Gasteiger partial charge in [-0.25, -0.2) is 9.97 Å². The van der Waals surface area contributed by atoms with E-state index >= 15 is 0 Å². The molecule has 8 rings (SSSR count). The number of benzene rings is 2. The molecule has 2 aromatic carbocycles. The Labute approximate surface area is 363 Å². The van der Waals surface area contributed by atoms with E-state index in [1.807, 2.05) is 18.2 Å². The predicted octanol–water partition coefficient (Wildman–Crippen LogP) is 5.55. The van der Waals surface area contributed by atoms with E-state index in [4.69, 9.17) is 14.2 Å². The summed E-state index contributed by atoms with van der Waals surface area (Å²) in [6.07, 6.45) is 13.4. The number of methoxy groups -OCH3 is 1. The van der Waals surface area contributed by atoms with E-state index in [1.165, 1.54) is 7.11 Å². The van der Waals surface area contributed by atoms with Gasteiger partial charge in [-0.1, -0.05) is 0 Å². The number of piperidine rings is 2. The summed E-state index contributed by atoms with van der Waals surface area (Å²) in [6.45, 7) is 7.79. The van der Waals surface area contributed by atoms with Crippen molar-refractivity contribution in [2.45, 2.75) is 134 Å². The van der Waals surface area contributed by atoms with Gasteiger partial charge in [-0.15, -0.1) is 0 Å². The summed E-state index contributed by atoms with van der Waals surface area (Å²) in [5, 5.41) is 14.7. The highest BCUT2D eigenvalue weighted by Crippen LogP contribution is 2.34. The molecule has 1 unspecified atom stereocenters. The summed E-state index contributed by atoms with van der Waals surface area (Å²) in [6, 6.07) is 13.3. The van der Waals surface area contributed by atoms with Crippen LogP contribution in [0.25, 0.3) is 0 Å². The molecule has 15 heteroatoms. The second-order valence-corrected chi connectivity index (χ2v) is 17.8. The number of nitrogens with zero attached hydrogens (tertiary/aromatic N) is 6. The molecule has 62 heavy (non-hydrogen) atoms. The number of rotatable bonds is 13. The molecular formula is C47H58N8O7. The predicted molar refractivity (Wildman–Crippen MR) is 230 cm³/mol. The van der Waals surface area contributed by atoms with Crippen LogP contribution in [0.1, 0.15) is 123 Å². The molecule has 3 aromatic rings. The Bertz CT molecular complexity index is 2150. The zero-order valence-corrected chi connectivity index (χ0v) is 36.0. The van der Waals surface area contributed by atoms with Crippen molar-refractivity contribution >= 4 is 29.4 Å². The maximum atomic E-state index is 13.1. The Balaban J connectivity index is 0.750. The molecule has 4 amide bonds. The van der Waals surface area contributed by atoms with E-state index in [0.717, 1.165) is 101 Å². The van der Waals surface area contributed by atoms with Crippen molar-refractivity contribution in [3.8, 4) is 23.3 Å². The molecule has 4 fully saturated rings. The molecule has 2 saturated carbocycles. The van der Waals surface area contributed by atoms with Crippen LogP contribution in [0, 0.1) is 17.2 Å². The van der Waals surface area contributed by atoms with E-state index < -0.39 is 11.9 Å². The van der Waals surface area contributed by atoms with Crippen molar-refractivity contribution in [3.63, 3.8) is 0 Å². The van der Waals surface area contributed by atoms with E-state index in [0.29, 0.717) is 59.3 Å². The summed E-state index contributed by atoms with van der Waals surface area (Å²) >= 11 is 0. The number of amides is 4. The van der Waals surface area contributed by atoms with Crippen LogP contribution >= 0.6 is 0 Å². The Morgan fingerprint density at radius 1 is 0.903 bits per heavy atom. The molecule has 0 radical (unpaired) electrons. The first-order valence-electron chi connectivity index (χ1n) is 22.4. The van der Waals surface area contributed by atoms with Gasteiger partial charge in [-0.3, -0.25) is 29.4 Å². The summed E-state index contributed by atoms with van der Waals surface area (Å²) in [4.78, 5) is 66.1. The number of aromatic nitrogens is 2. The van der Waals surface area contributed by atoms with Crippen molar-refractivity contribution in [1.82, 2.24) is 30.4 Å². The molecule has 1 aromatic heterocycles. The lowest BCUT2D eigenvalue weighted by molar-refractivity contribution is -0.136. The van der Waals surface area contributed by atoms with Crippen molar-refractivity contribution in [2.75, 3.05) is 31.6 Å². The van der Waals surface area contributed by atoms with Gasteiger partial charge in [0.05, 0.1) is 37.3 Å². The molecule has 15 nitrogen and oxygen atoms in total. The minimum absolute atomic E-state index is 0.0298. The molecule has 0 spiro atoms. The minimum Gasteiger partial charge on any atom is -0.495 e. The molecule has 328 valence electrons. The van der Waals surface area contributed by atoms with Crippen molar-refractivity contribution in [1.29, 1.82) is 5.26 Å². The van der Waals surface area contributed by atoms with E-state index in [1.54, 1.807) is 35.5 Å². The fourth-order valence-electron chi connectivity index (χ4n) is 9.95. The Morgan fingerprint density at radius 3 is 2.24 bits per heavy atom. The summed E-state index contributed by atoms with van der Waals surface area (Å²) < 4.78 is 18.0. The van der Waals surface area contributed by atoms with Crippen LogP contribution in [0.3, 0.4) is 0 Å². The minimum atomic E-state index is -0.628. The molecule has 5 aliphatic rings. The summed E-state index contributed by atoms with van der Waals surface area (Å²) in [5.74, 6) is 2.23. The molecule has 2 saturated heterocycles. The van der Waals surface area contributed by atoms with Crippen LogP contribution < -0.4 is 29.7 Å². The summed E-state index contributed by atoms with van der Waals surface area (Å²) in [7, 11) is 1.54. The molecule has 2 aliphatic carbocycles. The van der Waals surface area contributed by atoms with E-state index in [-0.39, 0.29) is 42.4 Å². The number of nitriles is 1. The highest BCUT2D eigenvalue weighted by molar-refractivity contribution is 6.05. The normalized spacial score (nSPS) is 24.4. The van der Waals surface area contributed by atoms with Crippen LogP contribution in [0.2, 0.25) is 0 Å². The van der Waals surface area contributed by atoms with Crippen LogP contribution in [0.5, 0.6) is 17.2 Å². The lowest BCUT2D eigenvalue weighted by Gasteiger charge is -2.42. The second-order valence-electron chi connectivity index (χ2n) is 17.8. The first kappa shape index (κ1) is 42.9. The van der Waals surface area contributed by atoms with Gasteiger partial charge in [0.25, 0.3) is 11.8 Å². The first-order chi connectivity index (χ1) is 30.0. The standard InChI is InChI=1S/C47H58N8O7/c1-29(2)54(34-7-12-36(13-8-34)61-37-14-15-39-32(22-37)28-55(47(39)59)41-16-17-44(56)52-46(41)58)27-30-18-20-53(21-19-30)43-26-49-40(25-50-43)45(57)51-33-5-10-35(11-6-33)62-38-9-4-31(24-48)42(23-38)60-3/h4,9,14-15,22-23,25-26,29-30,33-36,41H,5-8,10-13,16-21,27-28H2,1-3H3,(H,51,57)(H,52,56,58). The molecule has 4 heterocycles. The van der Waals surface area contributed by atoms with Crippen molar-refractivity contribution < 1.29 is 33.4 Å². The highest BCUT2D eigenvalue weighted by Gasteiger charge is 2.39. The highest BCUT2D eigenvalue weighted by atomic mass is 16.5. The number of carbonyl (C=O) groups is 4. The maximum Gasteiger partial charge on any atom is 0.271 e. The number of nitrogens with one attached hydrogen (secondary N) is 2. The lowest BCUT2D eigenvalue weighted by atomic mass is 9.89. The monoisotopic (exact) mass is 846 g/mol. The van der Waals surface area contributed by atoms with E-state index in [9.17, 15) is 24.4 Å². The van der Waals surface area contributed by atoms with Gasteiger partial charge in [-0.2, -0.15) is 5.26 Å².